The SMILES string of the molecule is CCSC(ON=Cc1cc(C(F)(F)F)cc(C(F)(F)F)c1)c1ccccc1C(=COC)C(=O)OC. The number of thioether (sulfide) groups is 1. The Morgan fingerprint density at radius 3 is 2.14 bits per heavy atom. The fraction of sp³-hybridized carbons (Fsp3) is 0.304. The minimum absolute atomic E-state index is 0.0284. The smallest absolute Gasteiger partial charge is 0.416 e. The average Bonchev–Trinajstić information content (AvgIpc) is 2.80. The summed E-state index contributed by atoms with van der Waals surface area (Å²) < 4.78 is 88.3. The summed E-state index contributed by atoms with van der Waals surface area (Å²) in [4.78, 5) is 17.7. The second-order valence-corrected chi connectivity index (χ2v) is 8.15. The van der Waals surface area contributed by atoms with Gasteiger partial charge in [0.05, 0.1) is 37.8 Å². The number of halogens is 6. The van der Waals surface area contributed by atoms with Crippen LogP contribution in [-0.2, 0) is 31.5 Å². The van der Waals surface area contributed by atoms with Gasteiger partial charge in [0, 0.05) is 5.56 Å². The largest absolute Gasteiger partial charge is 0.503 e. The van der Waals surface area contributed by atoms with E-state index in [4.69, 9.17) is 14.3 Å². The van der Waals surface area contributed by atoms with Crippen LogP contribution in [0.3, 0.4) is 0 Å². The molecular weight excluding hydrogens is 500 g/mol. The minimum Gasteiger partial charge on any atom is -0.503 e. The van der Waals surface area contributed by atoms with Crippen LogP contribution in [0.4, 0.5) is 26.3 Å². The van der Waals surface area contributed by atoms with Crippen LogP contribution in [-0.4, -0.2) is 32.2 Å². The van der Waals surface area contributed by atoms with Crippen LogP contribution in [0.2, 0.25) is 0 Å². The Kier molecular flexibility index (Phi) is 9.64. The first-order valence-corrected chi connectivity index (χ1v) is 11.0. The van der Waals surface area contributed by atoms with E-state index in [1.54, 1.807) is 24.3 Å². The Labute approximate surface area is 201 Å². The predicted octanol–water partition coefficient (Wildman–Crippen LogP) is 6.69. The van der Waals surface area contributed by atoms with Crippen molar-refractivity contribution >= 4 is 29.5 Å². The average molecular weight is 521 g/mol. The highest BCUT2D eigenvalue weighted by Gasteiger charge is 2.36. The van der Waals surface area contributed by atoms with Crippen molar-refractivity contribution < 1.29 is 45.4 Å². The van der Waals surface area contributed by atoms with Gasteiger partial charge in [0.15, 0.2) is 5.44 Å². The van der Waals surface area contributed by atoms with Gasteiger partial charge >= 0.3 is 18.3 Å². The van der Waals surface area contributed by atoms with E-state index in [-0.39, 0.29) is 11.6 Å². The van der Waals surface area contributed by atoms with Crippen LogP contribution in [0, 0.1) is 0 Å². The van der Waals surface area contributed by atoms with Crippen molar-refractivity contribution in [3.63, 3.8) is 0 Å². The van der Waals surface area contributed by atoms with Crippen molar-refractivity contribution in [2.24, 2.45) is 5.16 Å². The maximum atomic E-state index is 13.1. The van der Waals surface area contributed by atoms with Crippen molar-refractivity contribution in [3.05, 3.63) is 76.5 Å². The first-order valence-electron chi connectivity index (χ1n) is 9.93. The van der Waals surface area contributed by atoms with Gasteiger partial charge in [-0.05, 0) is 35.1 Å². The third-order valence-corrected chi connectivity index (χ3v) is 5.41. The molecule has 1 atom stereocenters. The van der Waals surface area contributed by atoms with Crippen LogP contribution in [0.15, 0.2) is 53.9 Å². The van der Waals surface area contributed by atoms with Gasteiger partial charge in [-0.2, -0.15) is 26.3 Å². The quantitative estimate of drug-likeness (QED) is 0.0700. The number of oxime groups is 1. The van der Waals surface area contributed by atoms with E-state index < -0.39 is 40.4 Å². The number of hydrogen-bond donors (Lipinski definition) is 0. The zero-order chi connectivity index (χ0) is 26.2. The molecule has 2 rings (SSSR count). The van der Waals surface area contributed by atoms with E-state index in [9.17, 15) is 31.1 Å². The van der Waals surface area contributed by atoms with E-state index >= 15 is 0 Å². The lowest BCUT2D eigenvalue weighted by molar-refractivity contribution is -0.143. The fourth-order valence-corrected chi connectivity index (χ4v) is 3.72. The Hall–Kier alpha value is -3.15. The monoisotopic (exact) mass is 521 g/mol. The molecule has 0 aliphatic carbocycles. The molecule has 5 nitrogen and oxygen atoms in total. The molecule has 0 radical (unpaired) electrons. The number of rotatable bonds is 9. The zero-order valence-electron chi connectivity index (χ0n) is 18.7. The molecule has 0 heterocycles. The van der Waals surface area contributed by atoms with E-state index in [0.717, 1.165) is 6.21 Å². The second kappa shape index (κ2) is 12.0. The van der Waals surface area contributed by atoms with E-state index in [1.807, 2.05) is 6.92 Å². The topological polar surface area (TPSA) is 57.1 Å². The lowest BCUT2D eigenvalue weighted by atomic mass is 10.0. The van der Waals surface area contributed by atoms with E-state index in [2.05, 4.69) is 5.16 Å². The molecule has 1 unspecified atom stereocenters. The lowest BCUT2D eigenvalue weighted by Gasteiger charge is -2.18. The maximum Gasteiger partial charge on any atom is 0.416 e. The van der Waals surface area contributed by atoms with Crippen molar-refractivity contribution in [3.8, 4) is 0 Å². The third-order valence-electron chi connectivity index (χ3n) is 4.43. The number of ether oxygens (including phenoxy) is 2. The number of alkyl halides is 6. The number of hydrogen-bond acceptors (Lipinski definition) is 6. The third kappa shape index (κ3) is 7.67. The van der Waals surface area contributed by atoms with Crippen molar-refractivity contribution in [1.82, 2.24) is 0 Å². The first-order chi connectivity index (χ1) is 16.4. The molecule has 12 heteroatoms. The van der Waals surface area contributed by atoms with Gasteiger partial charge in [0.2, 0.25) is 0 Å². The van der Waals surface area contributed by atoms with Gasteiger partial charge in [-0.1, -0.05) is 36.3 Å². The molecule has 2 aromatic rings. The molecule has 0 fully saturated rings. The maximum absolute atomic E-state index is 13.1. The number of carbonyl (C=O) groups excluding carboxylic acids is 1. The van der Waals surface area contributed by atoms with Crippen molar-refractivity contribution in [2.45, 2.75) is 24.7 Å². The Morgan fingerprint density at radius 1 is 1.03 bits per heavy atom. The summed E-state index contributed by atoms with van der Waals surface area (Å²) >= 11 is 1.23. The van der Waals surface area contributed by atoms with Crippen LogP contribution >= 0.6 is 11.8 Å². The van der Waals surface area contributed by atoms with Gasteiger partial charge in [-0.25, -0.2) is 4.79 Å². The Morgan fingerprint density at radius 2 is 1.63 bits per heavy atom. The summed E-state index contributed by atoms with van der Waals surface area (Å²) in [7, 11) is 2.53. The molecule has 0 aliphatic heterocycles. The zero-order valence-corrected chi connectivity index (χ0v) is 19.6. The number of benzene rings is 2. The highest BCUT2D eigenvalue weighted by molar-refractivity contribution is 7.99. The van der Waals surface area contributed by atoms with Crippen molar-refractivity contribution in [2.75, 3.05) is 20.0 Å². The van der Waals surface area contributed by atoms with Crippen LogP contribution in [0.5, 0.6) is 0 Å². The van der Waals surface area contributed by atoms with Crippen molar-refractivity contribution in [1.29, 1.82) is 0 Å². The summed E-state index contributed by atoms with van der Waals surface area (Å²) in [5.41, 5.74) is -3.31. The highest BCUT2D eigenvalue weighted by Crippen LogP contribution is 2.37. The first kappa shape index (κ1) is 28.1. The van der Waals surface area contributed by atoms with Gasteiger partial charge in [-0.3, -0.25) is 0 Å². The number of nitrogens with zero attached hydrogens (tertiary/aromatic N) is 1. The molecule has 0 saturated heterocycles. The van der Waals surface area contributed by atoms with Crippen LogP contribution < -0.4 is 0 Å². The van der Waals surface area contributed by atoms with E-state index in [0.29, 0.717) is 29.0 Å². The Bertz CT molecular complexity index is 1050. The summed E-state index contributed by atoms with van der Waals surface area (Å²) in [6.45, 7) is 1.81. The molecule has 190 valence electrons. The standard InChI is InChI=1S/C23H21F6NO4S/c1-4-35-21(18-8-6-5-7-17(18)19(13-32-2)20(31)33-3)34-30-12-14-9-15(22(24,25)26)11-16(10-14)23(27,28)29/h5-13,21H,4H2,1-3H3. The van der Waals surface area contributed by atoms with Gasteiger partial charge in [0.25, 0.3) is 0 Å². The minimum atomic E-state index is -4.98. The number of carbonyl (C=O) groups is 1. The van der Waals surface area contributed by atoms with Gasteiger partial charge in [0.1, 0.15) is 5.57 Å². The van der Waals surface area contributed by atoms with E-state index in [1.165, 1.54) is 32.2 Å². The molecular formula is C23H21F6NO4S. The highest BCUT2D eigenvalue weighted by atomic mass is 32.2. The molecule has 0 aromatic heterocycles. The molecule has 0 bridgehead atoms. The molecule has 0 saturated carbocycles. The normalized spacial score (nSPS) is 13.6. The lowest BCUT2D eigenvalue weighted by Crippen LogP contribution is -2.12. The second-order valence-electron chi connectivity index (χ2n) is 6.81. The predicted molar refractivity (Wildman–Crippen MR) is 119 cm³/mol. The van der Waals surface area contributed by atoms with Gasteiger partial charge in [-0.15, -0.1) is 11.8 Å². The summed E-state index contributed by atoms with van der Waals surface area (Å²) in [5.74, 6) is -0.176. The summed E-state index contributed by atoms with van der Waals surface area (Å²) in [6.07, 6.45) is -8.02. The summed E-state index contributed by atoms with van der Waals surface area (Å²) in [6, 6.07) is 7.67. The summed E-state index contributed by atoms with van der Waals surface area (Å²) in [5, 5.41) is 3.65. The van der Waals surface area contributed by atoms with Crippen LogP contribution in [0.1, 0.15) is 40.2 Å². The molecule has 2 aromatic carbocycles. The molecule has 0 aliphatic rings. The molecule has 0 N–H and O–H groups in total. The van der Waals surface area contributed by atoms with Crippen LogP contribution in [0.25, 0.3) is 5.57 Å². The number of esters is 1. The van der Waals surface area contributed by atoms with Gasteiger partial charge < -0.3 is 14.3 Å². The molecule has 0 amide bonds. The number of methoxy groups -OCH3 is 2. The molecule has 0 spiro atoms. The Balaban J connectivity index is 2.44. The fourth-order valence-electron chi connectivity index (χ4n) is 2.93. The molecule has 35 heavy (non-hydrogen) atoms.